The molecular weight excluding hydrogens is 500 g/mol. The average Bonchev–Trinajstić information content (AvgIpc) is 3.46. The van der Waals surface area contributed by atoms with Crippen LogP contribution in [0.15, 0.2) is 29.6 Å². The van der Waals surface area contributed by atoms with Gasteiger partial charge in [0.1, 0.15) is 16.7 Å². The molecule has 1 aliphatic heterocycles. The summed E-state index contributed by atoms with van der Waals surface area (Å²) in [7, 11) is 1.39. The first kappa shape index (κ1) is 26.6. The molecule has 10 heteroatoms. The molecule has 8 nitrogen and oxygen atoms in total. The highest BCUT2D eigenvalue weighted by molar-refractivity contribution is 7.13. The summed E-state index contributed by atoms with van der Waals surface area (Å²) in [6, 6.07) is 6.56. The molecule has 1 aromatic carbocycles. The molecule has 1 aromatic heterocycles. The maximum atomic E-state index is 13.3. The third kappa shape index (κ3) is 6.07. The van der Waals surface area contributed by atoms with Gasteiger partial charge in [-0.15, -0.1) is 11.3 Å². The highest BCUT2D eigenvalue weighted by Gasteiger charge is 2.45. The van der Waals surface area contributed by atoms with Crippen molar-refractivity contribution in [2.45, 2.75) is 70.1 Å². The van der Waals surface area contributed by atoms with Gasteiger partial charge in [0.25, 0.3) is 5.91 Å². The van der Waals surface area contributed by atoms with Crippen LogP contribution in [0.3, 0.4) is 0 Å². The monoisotopic (exact) mass is 532 g/mol. The standard InChI is InChI=1S/C26H33ClN4O4S/c1-26(2,3)30-17-9-10-21(18(13-17)25(34)35-4)31-12-11-19(24(31)33)28-22(32)20-14-36-23(29-20)15-5-7-16(27)8-6-15/h5-8,14,17-19,21,30H,9-13H2,1-4H3,(H,28,32)/t17-,18-,19+,21+/m1/s1. The molecule has 1 saturated heterocycles. The van der Waals surface area contributed by atoms with Gasteiger partial charge in [-0.05, 0) is 58.6 Å². The van der Waals surface area contributed by atoms with Crippen molar-refractivity contribution in [3.8, 4) is 10.6 Å². The molecule has 0 radical (unpaired) electrons. The van der Waals surface area contributed by atoms with Crippen LogP contribution in [0, 0.1) is 5.92 Å². The van der Waals surface area contributed by atoms with Gasteiger partial charge >= 0.3 is 5.97 Å². The van der Waals surface area contributed by atoms with E-state index in [1.54, 1.807) is 22.4 Å². The fraction of sp³-hybridized carbons (Fsp3) is 0.538. The number of ether oxygens (including phenoxy) is 1. The molecule has 1 saturated carbocycles. The van der Waals surface area contributed by atoms with E-state index in [9.17, 15) is 14.4 Å². The van der Waals surface area contributed by atoms with Crippen LogP contribution in [-0.4, -0.2) is 65.0 Å². The third-order valence-electron chi connectivity index (χ3n) is 6.73. The topological polar surface area (TPSA) is 101 Å². The second-order valence-electron chi connectivity index (χ2n) is 10.5. The number of halogens is 1. The molecule has 2 N–H and O–H groups in total. The summed E-state index contributed by atoms with van der Waals surface area (Å²) < 4.78 is 5.10. The summed E-state index contributed by atoms with van der Waals surface area (Å²) in [6.07, 6.45) is 2.67. The Morgan fingerprint density at radius 1 is 1.17 bits per heavy atom. The zero-order valence-corrected chi connectivity index (χ0v) is 22.6. The summed E-state index contributed by atoms with van der Waals surface area (Å²) >= 11 is 7.31. The van der Waals surface area contributed by atoms with Gasteiger partial charge < -0.3 is 20.3 Å². The zero-order valence-electron chi connectivity index (χ0n) is 21.0. The molecule has 1 aliphatic carbocycles. The van der Waals surface area contributed by atoms with E-state index >= 15 is 0 Å². The van der Waals surface area contributed by atoms with Gasteiger partial charge in [-0.3, -0.25) is 14.4 Å². The van der Waals surface area contributed by atoms with Gasteiger partial charge in [0.05, 0.1) is 13.0 Å². The molecule has 2 aliphatic rings. The minimum atomic E-state index is -0.637. The molecule has 4 rings (SSSR count). The van der Waals surface area contributed by atoms with Crippen molar-refractivity contribution < 1.29 is 19.1 Å². The summed E-state index contributed by atoms with van der Waals surface area (Å²) in [6.45, 7) is 6.80. The van der Waals surface area contributed by atoms with Gasteiger partial charge in [-0.2, -0.15) is 0 Å². The Hall–Kier alpha value is -2.49. The quantitative estimate of drug-likeness (QED) is 0.547. The maximum Gasteiger partial charge on any atom is 0.310 e. The van der Waals surface area contributed by atoms with E-state index in [1.807, 2.05) is 12.1 Å². The number of likely N-dealkylation sites (tertiary alicyclic amines) is 1. The number of carbonyl (C=O) groups excluding carboxylic acids is 3. The number of nitrogens with zero attached hydrogens (tertiary/aromatic N) is 2. The van der Waals surface area contributed by atoms with Crippen LogP contribution in [-0.2, 0) is 14.3 Å². The van der Waals surface area contributed by atoms with Crippen LogP contribution in [0.25, 0.3) is 10.6 Å². The molecule has 2 amide bonds. The molecule has 0 spiro atoms. The predicted octanol–water partition coefficient (Wildman–Crippen LogP) is 3.89. The molecule has 4 atom stereocenters. The van der Waals surface area contributed by atoms with Crippen LogP contribution in [0.5, 0.6) is 0 Å². The average molecular weight is 533 g/mol. The molecule has 2 aromatic rings. The summed E-state index contributed by atoms with van der Waals surface area (Å²) in [4.78, 5) is 45.1. The molecule has 0 unspecified atom stereocenters. The van der Waals surface area contributed by atoms with E-state index in [1.165, 1.54) is 18.4 Å². The number of thiazole rings is 1. The Labute approximate surface area is 220 Å². The number of rotatable bonds is 6. The number of methoxy groups -OCH3 is 1. The molecule has 194 valence electrons. The Kier molecular flexibility index (Phi) is 8.02. The Bertz CT molecular complexity index is 1110. The van der Waals surface area contributed by atoms with Crippen LogP contribution < -0.4 is 10.6 Å². The van der Waals surface area contributed by atoms with Crippen molar-refractivity contribution in [3.05, 3.63) is 40.4 Å². The minimum absolute atomic E-state index is 0.0693. The van der Waals surface area contributed by atoms with E-state index < -0.39 is 12.0 Å². The van der Waals surface area contributed by atoms with Gasteiger partial charge in [0.15, 0.2) is 0 Å². The predicted molar refractivity (Wildman–Crippen MR) is 140 cm³/mol. The van der Waals surface area contributed by atoms with Crippen LogP contribution in [0.1, 0.15) is 56.9 Å². The van der Waals surface area contributed by atoms with Crippen LogP contribution >= 0.6 is 22.9 Å². The number of benzene rings is 1. The SMILES string of the molecule is COC(=O)[C@@H]1C[C@H](NC(C)(C)C)CC[C@@H]1N1CC[C@H](NC(=O)c2csc(-c3ccc(Cl)cc3)n2)C1=O. The number of esters is 1. The fourth-order valence-electron chi connectivity index (χ4n) is 5.18. The van der Waals surface area contributed by atoms with Crippen molar-refractivity contribution in [1.82, 2.24) is 20.5 Å². The second kappa shape index (κ2) is 10.9. The van der Waals surface area contributed by atoms with E-state index in [-0.39, 0.29) is 41.1 Å². The van der Waals surface area contributed by atoms with Gasteiger partial charge in [0.2, 0.25) is 5.91 Å². The smallest absolute Gasteiger partial charge is 0.310 e. The largest absolute Gasteiger partial charge is 0.469 e. The number of hydrogen-bond acceptors (Lipinski definition) is 7. The van der Waals surface area contributed by atoms with Crippen molar-refractivity contribution in [2.24, 2.45) is 5.92 Å². The van der Waals surface area contributed by atoms with Crippen LogP contribution in [0.4, 0.5) is 0 Å². The number of carbonyl (C=O) groups is 3. The Morgan fingerprint density at radius 2 is 1.89 bits per heavy atom. The lowest BCUT2D eigenvalue weighted by molar-refractivity contribution is -0.151. The van der Waals surface area contributed by atoms with Gasteiger partial charge in [0, 0.05) is 40.1 Å². The van der Waals surface area contributed by atoms with Crippen molar-refractivity contribution in [1.29, 1.82) is 0 Å². The number of aromatic nitrogens is 1. The maximum absolute atomic E-state index is 13.3. The fourth-order valence-corrected chi connectivity index (χ4v) is 6.11. The first-order chi connectivity index (χ1) is 17.1. The molecular formula is C26H33ClN4O4S. The van der Waals surface area contributed by atoms with Crippen molar-refractivity contribution in [2.75, 3.05) is 13.7 Å². The lowest BCUT2D eigenvalue weighted by Gasteiger charge is -2.41. The Morgan fingerprint density at radius 3 is 2.56 bits per heavy atom. The van der Waals surface area contributed by atoms with E-state index in [4.69, 9.17) is 16.3 Å². The van der Waals surface area contributed by atoms with E-state index in [0.717, 1.165) is 12.0 Å². The number of amides is 2. The van der Waals surface area contributed by atoms with Gasteiger partial charge in [-0.25, -0.2) is 4.98 Å². The summed E-state index contributed by atoms with van der Waals surface area (Å²) in [5.74, 6) is -1.23. The van der Waals surface area contributed by atoms with Crippen molar-refractivity contribution >= 4 is 40.7 Å². The van der Waals surface area contributed by atoms with Gasteiger partial charge in [-0.1, -0.05) is 23.7 Å². The number of hydrogen-bond donors (Lipinski definition) is 2. The third-order valence-corrected chi connectivity index (χ3v) is 7.87. The lowest BCUT2D eigenvalue weighted by atomic mass is 9.80. The Balaban J connectivity index is 1.40. The molecule has 36 heavy (non-hydrogen) atoms. The summed E-state index contributed by atoms with van der Waals surface area (Å²) in [5, 5.41) is 9.45. The van der Waals surface area contributed by atoms with E-state index in [0.29, 0.717) is 35.8 Å². The minimum Gasteiger partial charge on any atom is -0.469 e. The number of nitrogens with one attached hydrogen (secondary N) is 2. The van der Waals surface area contributed by atoms with E-state index in [2.05, 4.69) is 36.4 Å². The highest BCUT2D eigenvalue weighted by Crippen LogP contribution is 2.33. The highest BCUT2D eigenvalue weighted by atomic mass is 35.5. The molecule has 2 heterocycles. The zero-order chi connectivity index (χ0) is 26.0. The second-order valence-corrected chi connectivity index (χ2v) is 11.8. The summed E-state index contributed by atoms with van der Waals surface area (Å²) in [5.41, 5.74) is 1.08. The molecule has 0 bridgehead atoms. The van der Waals surface area contributed by atoms with Crippen molar-refractivity contribution in [3.63, 3.8) is 0 Å². The first-order valence-corrected chi connectivity index (χ1v) is 13.5. The normalized spacial score (nSPS) is 24.6. The first-order valence-electron chi connectivity index (χ1n) is 12.2. The van der Waals surface area contributed by atoms with Crippen LogP contribution in [0.2, 0.25) is 5.02 Å². The molecule has 2 fully saturated rings. The lowest BCUT2D eigenvalue weighted by Crippen LogP contribution is -2.55.